The molecule has 8 heteroatoms. The first-order valence-electron chi connectivity index (χ1n) is 7.11. The average molecular weight is 385 g/mol. The highest BCUT2D eigenvalue weighted by Gasteiger charge is 2.26. The molecule has 0 saturated carbocycles. The first-order chi connectivity index (χ1) is 11.3. The summed E-state index contributed by atoms with van der Waals surface area (Å²) < 4.78 is 27.4. The summed E-state index contributed by atoms with van der Waals surface area (Å²) in [6.07, 6.45) is 0.207. The minimum atomic E-state index is -3.71. The second-order valence-corrected chi connectivity index (χ2v) is 8.09. The van der Waals surface area contributed by atoms with E-state index in [0.29, 0.717) is 21.2 Å². The maximum absolute atomic E-state index is 12.5. The number of sulfonamides is 1. The third kappa shape index (κ3) is 3.28. The number of nitrogens with one attached hydrogen (secondary N) is 1. The summed E-state index contributed by atoms with van der Waals surface area (Å²) in [5.41, 5.74) is 2.07. The number of carbonyl (C=O) groups excluding carboxylic acids is 1. The summed E-state index contributed by atoms with van der Waals surface area (Å²) >= 11 is 11.9. The highest BCUT2D eigenvalue weighted by atomic mass is 35.5. The van der Waals surface area contributed by atoms with Crippen LogP contribution in [0.3, 0.4) is 0 Å². The van der Waals surface area contributed by atoms with Crippen molar-refractivity contribution in [2.75, 3.05) is 11.9 Å². The zero-order valence-electron chi connectivity index (χ0n) is 12.7. The second-order valence-electron chi connectivity index (χ2n) is 5.48. The molecule has 0 radical (unpaired) electrons. The maximum atomic E-state index is 12.5. The van der Waals surface area contributed by atoms with Gasteiger partial charge in [-0.05, 0) is 41.5 Å². The molecule has 5 nitrogen and oxygen atoms in total. The topological polar surface area (TPSA) is 66.5 Å². The Bertz CT molecular complexity index is 929. The van der Waals surface area contributed by atoms with E-state index >= 15 is 0 Å². The quantitative estimate of drug-likeness (QED) is 0.880. The van der Waals surface area contributed by atoms with Crippen molar-refractivity contribution in [2.24, 2.45) is 0 Å². The van der Waals surface area contributed by atoms with Crippen LogP contribution >= 0.6 is 23.2 Å². The number of fused-ring (bicyclic) bond motifs is 1. The summed E-state index contributed by atoms with van der Waals surface area (Å²) in [5, 5.41) is 0.880. The van der Waals surface area contributed by atoms with Gasteiger partial charge in [-0.15, -0.1) is 0 Å². The number of rotatable bonds is 4. The fourth-order valence-corrected chi connectivity index (χ4v) is 4.07. The molecule has 0 atom stereocenters. The van der Waals surface area contributed by atoms with E-state index in [4.69, 9.17) is 23.2 Å². The Hall–Kier alpha value is -1.60. The molecule has 24 heavy (non-hydrogen) atoms. The normalized spacial score (nSPS) is 14.1. The lowest BCUT2D eigenvalue weighted by Gasteiger charge is -2.12. The Kier molecular flexibility index (Phi) is 4.57. The SMILES string of the molecule is CN1C(=O)Cc2cc(S(=O)(=O)NCc3ccc(Cl)cc3Cl)ccc21. The number of anilines is 1. The van der Waals surface area contributed by atoms with E-state index in [2.05, 4.69) is 4.72 Å². The van der Waals surface area contributed by atoms with Crippen molar-refractivity contribution >= 4 is 44.8 Å². The standard InChI is InChI=1S/C16H14Cl2N2O3S/c1-20-15-5-4-13(6-11(15)7-16(20)21)24(22,23)19-9-10-2-3-12(17)8-14(10)18/h2-6,8,19H,7,9H2,1H3. The Morgan fingerprint density at radius 3 is 2.62 bits per heavy atom. The van der Waals surface area contributed by atoms with Gasteiger partial charge < -0.3 is 4.90 Å². The van der Waals surface area contributed by atoms with E-state index < -0.39 is 10.0 Å². The van der Waals surface area contributed by atoms with E-state index in [9.17, 15) is 13.2 Å². The number of carbonyl (C=O) groups is 1. The van der Waals surface area contributed by atoms with Gasteiger partial charge in [0.2, 0.25) is 15.9 Å². The van der Waals surface area contributed by atoms with Crippen molar-refractivity contribution in [2.45, 2.75) is 17.9 Å². The predicted octanol–water partition coefficient (Wildman–Crippen LogP) is 2.99. The Morgan fingerprint density at radius 1 is 1.17 bits per heavy atom. The van der Waals surface area contributed by atoms with E-state index in [1.807, 2.05) is 0 Å². The summed E-state index contributed by atoms with van der Waals surface area (Å²) in [6.45, 7) is 0.0499. The van der Waals surface area contributed by atoms with Gasteiger partial charge in [-0.3, -0.25) is 4.79 Å². The molecule has 3 rings (SSSR count). The fourth-order valence-electron chi connectivity index (χ4n) is 2.53. The number of hydrogen-bond acceptors (Lipinski definition) is 3. The van der Waals surface area contributed by atoms with Gasteiger partial charge in [0.15, 0.2) is 0 Å². The molecule has 1 N–H and O–H groups in total. The summed E-state index contributed by atoms with van der Waals surface area (Å²) in [7, 11) is -2.04. The summed E-state index contributed by atoms with van der Waals surface area (Å²) in [6, 6.07) is 9.54. The van der Waals surface area contributed by atoms with Crippen molar-refractivity contribution in [1.29, 1.82) is 0 Å². The molecule has 1 heterocycles. The molecule has 1 amide bonds. The van der Waals surface area contributed by atoms with Crippen molar-refractivity contribution in [3.8, 4) is 0 Å². The number of amides is 1. The smallest absolute Gasteiger partial charge is 0.240 e. The Labute approximate surface area is 150 Å². The van der Waals surface area contributed by atoms with Crippen LogP contribution in [0.25, 0.3) is 0 Å². The monoisotopic (exact) mass is 384 g/mol. The van der Waals surface area contributed by atoms with Crippen LogP contribution in [0, 0.1) is 0 Å². The van der Waals surface area contributed by atoms with Crippen molar-refractivity contribution in [3.63, 3.8) is 0 Å². The minimum absolute atomic E-state index is 0.0499. The molecule has 0 aliphatic carbocycles. The van der Waals surface area contributed by atoms with Crippen LogP contribution in [-0.2, 0) is 27.8 Å². The molecule has 0 fully saturated rings. The van der Waals surface area contributed by atoms with Gasteiger partial charge in [-0.2, -0.15) is 0 Å². The molecule has 1 aliphatic rings. The highest BCUT2D eigenvalue weighted by Crippen LogP contribution is 2.30. The molecule has 2 aromatic rings. The third-order valence-corrected chi connectivity index (χ3v) is 5.89. The number of halogens is 2. The second kappa shape index (κ2) is 6.37. The molecule has 2 aromatic carbocycles. The molecular formula is C16H14Cl2N2O3S. The molecule has 1 aliphatic heterocycles. The minimum Gasteiger partial charge on any atom is -0.315 e. The average Bonchev–Trinajstić information content (AvgIpc) is 2.81. The van der Waals surface area contributed by atoms with Gasteiger partial charge in [0.05, 0.1) is 11.3 Å². The number of likely N-dealkylation sites (N-methyl/N-ethyl adjacent to an activating group) is 1. The van der Waals surface area contributed by atoms with Crippen LogP contribution in [0.2, 0.25) is 10.0 Å². The van der Waals surface area contributed by atoms with Crippen LogP contribution in [-0.4, -0.2) is 21.4 Å². The molecule has 0 spiro atoms. The molecule has 0 aromatic heterocycles. The molecule has 126 valence electrons. The van der Waals surface area contributed by atoms with E-state index in [0.717, 1.165) is 5.69 Å². The van der Waals surface area contributed by atoms with Crippen molar-refractivity contribution in [1.82, 2.24) is 4.72 Å². The first kappa shape index (κ1) is 17.2. The Balaban J connectivity index is 1.81. The lowest BCUT2D eigenvalue weighted by molar-refractivity contribution is -0.117. The largest absolute Gasteiger partial charge is 0.315 e. The van der Waals surface area contributed by atoms with Crippen LogP contribution in [0.4, 0.5) is 5.69 Å². The van der Waals surface area contributed by atoms with Crippen LogP contribution in [0.5, 0.6) is 0 Å². The van der Waals surface area contributed by atoms with E-state index in [-0.39, 0.29) is 23.8 Å². The van der Waals surface area contributed by atoms with Crippen molar-refractivity contribution < 1.29 is 13.2 Å². The number of nitrogens with zero attached hydrogens (tertiary/aromatic N) is 1. The Morgan fingerprint density at radius 2 is 1.92 bits per heavy atom. The number of hydrogen-bond donors (Lipinski definition) is 1. The maximum Gasteiger partial charge on any atom is 0.240 e. The number of benzene rings is 2. The molecule has 0 unspecified atom stereocenters. The van der Waals surface area contributed by atoms with E-state index in [1.165, 1.54) is 17.0 Å². The van der Waals surface area contributed by atoms with Gasteiger partial charge in [-0.1, -0.05) is 29.3 Å². The van der Waals surface area contributed by atoms with Gasteiger partial charge in [0.25, 0.3) is 0 Å². The predicted molar refractivity (Wildman–Crippen MR) is 94.0 cm³/mol. The van der Waals surface area contributed by atoms with Crippen LogP contribution in [0.15, 0.2) is 41.3 Å². The lowest BCUT2D eigenvalue weighted by Crippen LogP contribution is -2.23. The van der Waals surface area contributed by atoms with Gasteiger partial charge in [-0.25, -0.2) is 13.1 Å². The highest BCUT2D eigenvalue weighted by molar-refractivity contribution is 7.89. The zero-order chi connectivity index (χ0) is 17.5. The first-order valence-corrected chi connectivity index (χ1v) is 9.35. The fraction of sp³-hybridized carbons (Fsp3) is 0.188. The molecular weight excluding hydrogens is 371 g/mol. The van der Waals surface area contributed by atoms with Gasteiger partial charge in [0, 0.05) is 29.3 Å². The van der Waals surface area contributed by atoms with Crippen LogP contribution < -0.4 is 9.62 Å². The van der Waals surface area contributed by atoms with Gasteiger partial charge in [0.1, 0.15) is 0 Å². The summed E-state index contributed by atoms with van der Waals surface area (Å²) in [5.74, 6) is -0.0551. The van der Waals surface area contributed by atoms with Crippen LogP contribution in [0.1, 0.15) is 11.1 Å². The van der Waals surface area contributed by atoms with E-state index in [1.54, 1.807) is 31.3 Å². The third-order valence-electron chi connectivity index (χ3n) is 3.91. The molecule has 0 bridgehead atoms. The lowest BCUT2D eigenvalue weighted by atomic mass is 10.2. The van der Waals surface area contributed by atoms with Gasteiger partial charge >= 0.3 is 0 Å². The zero-order valence-corrected chi connectivity index (χ0v) is 15.0. The summed E-state index contributed by atoms with van der Waals surface area (Å²) in [4.78, 5) is 13.3. The molecule has 0 saturated heterocycles. The van der Waals surface area contributed by atoms with Crippen molar-refractivity contribution in [3.05, 3.63) is 57.6 Å².